The largest absolute Gasteiger partial charge is 0.327 e. The Hall–Kier alpha value is -3.52. The zero-order valence-electron chi connectivity index (χ0n) is 18.6. The highest BCUT2D eigenvalue weighted by Gasteiger charge is 2.33. The Morgan fingerprint density at radius 2 is 1.85 bits per heavy atom. The van der Waals surface area contributed by atoms with E-state index in [1.807, 2.05) is 12.1 Å². The van der Waals surface area contributed by atoms with E-state index in [1.165, 1.54) is 12.3 Å². The maximum Gasteiger partial charge on any atom is 0.274 e. The average Bonchev–Trinajstić information content (AvgIpc) is 2.80. The van der Waals surface area contributed by atoms with Gasteiger partial charge < -0.3 is 11.1 Å². The van der Waals surface area contributed by atoms with Crippen LogP contribution in [-0.2, 0) is 0 Å². The normalized spacial score (nSPS) is 22.3. The summed E-state index contributed by atoms with van der Waals surface area (Å²) < 4.78 is 42.8. The highest BCUT2D eigenvalue weighted by atomic mass is 19.1. The summed E-state index contributed by atoms with van der Waals surface area (Å²) in [6.07, 6.45) is 6.67. The minimum atomic E-state index is -0.973. The summed E-state index contributed by atoms with van der Waals surface area (Å²) >= 11 is 0. The molecule has 0 aliphatic heterocycles. The topological polar surface area (TPSA) is 80.9 Å². The lowest BCUT2D eigenvalue weighted by molar-refractivity contribution is 0.102. The number of hydrogen-bond donors (Lipinski definition) is 2. The van der Waals surface area contributed by atoms with Gasteiger partial charge in [-0.3, -0.25) is 9.78 Å². The van der Waals surface area contributed by atoms with Crippen molar-refractivity contribution in [1.82, 2.24) is 9.97 Å². The Bertz CT molecular complexity index is 1200. The molecule has 4 atom stereocenters. The molecular formula is C26H25F3N4O. The molecule has 3 aromatic rings. The zero-order chi connectivity index (χ0) is 24.4. The summed E-state index contributed by atoms with van der Waals surface area (Å²) in [5.74, 6) is -2.90. The number of amides is 1. The molecule has 8 heteroatoms. The number of halogens is 3. The highest BCUT2D eigenvalue weighted by molar-refractivity contribution is 6.03. The lowest BCUT2D eigenvalue weighted by Crippen LogP contribution is -2.39. The number of aromatic nitrogens is 2. The number of nitrogens with two attached hydrogens (primary N) is 1. The molecule has 34 heavy (non-hydrogen) atoms. The quantitative estimate of drug-likeness (QED) is 0.490. The Balaban J connectivity index is 1.62. The molecule has 1 fully saturated rings. The second-order valence-corrected chi connectivity index (χ2v) is 8.66. The molecule has 4 rings (SSSR count). The Morgan fingerprint density at radius 3 is 2.53 bits per heavy atom. The first kappa shape index (κ1) is 23.6. The molecule has 3 N–H and O–H groups in total. The van der Waals surface area contributed by atoms with Gasteiger partial charge in [-0.15, -0.1) is 6.58 Å². The molecule has 0 saturated heterocycles. The predicted molar refractivity (Wildman–Crippen MR) is 125 cm³/mol. The predicted octanol–water partition coefficient (Wildman–Crippen LogP) is 5.46. The van der Waals surface area contributed by atoms with Crippen LogP contribution in [0.15, 0.2) is 61.4 Å². The first-order chi connectivity index (χ1) is 16.3. The molecule has 1 aliphatic carbocycles. The molecule has 1 amide bonds. The number of anilines is 1. The van der Waals surface area contributed by atoms with Crippen molar-refractivity contribution in [2.75, 3.05) is 5.32 Å². The third-order valence-electron chi connectivity index (χ3n) is 6.46. The number of carbonyl (C=O) groups is 1. The van der Waals surface area contributed by atoms with Crippen LogP contribution >= 0.6 is 0 Å². The second kappa shape index (κ2) is 9.77. The Kier molecular flexibility index (Phi) is 6.79. The summed E-state index contributed by atoms with van der Waals surface area (Å²) in [5.41, 5.74) is 6.37. The zero-order valence-corrected chi connectivity index (χ0v) is 18.6. The Labute approximate surface area is 195 Å². The van der Waals surface area contributed by atoms with Crippen molar-refractivity contribution in [3.8, 4) is 11.3 Å². The molecule has 1 aliphatic rings. The molecule has 0 bridgehead atoms. The monoisotopic (exact) mass is 466 g/mol. The molecule has 2 aromatic heterocycles. The maximum absolute atomic E-state index is 14.4. The second-order valence-electron chi connectivity index (χ2n) is 8.66. The number of nitrogens with zero attached hydrogens (tertiary/aromatic N) is 2. The van der Waals surface area contributed by atoms with Crippen molar-refractivity contribution >= 4 is 11.6 Å². The van der Waals surface area contributed by atoms with Crippen LogP contribution in [0.25, 0.3) is 11.3 Å². The number of benzene rings is 1. The van der Waals surface area contributed by atoms with Crippen molar-refractivity contribution in [1.29, 1.82) is 0 Å². The fraction of sp³-hybridized carbons (Fsp3) is 0.269. The van der Waals surface area contributed by atoms with E-state index >= 15 is 0 Å². The minimum absolute atomic E-state index is 0.0556. The first-order valence-electron chi connectivity index (χ1n) is 11.0. The third kappa shape index (κ3) is 4.59. The lowest BCUT2D eigenvalue weighted by atomic mass is 9.70. The molecule has 1 saturated carbocycles. The van der Waals surface area contributed by atoms with Gasteiger partial charge in [0.05, 0.1) is 17.4 Å². The van der Waals surface area contributed by atoms with E-state index in [9.17, 15) is 18.0 Å². The molecular weight excluding hydrogens is 441 g/mol. The van der Waals surface area contributed by atoms with Crippen molar-refractivity contribution in [2.45, 2.75) is 31.7 Å². The molecule has 2 heterocycles. The van der Waals surface area contributed by atoms with Crippen molar-refractivity contribution in [3.05, 3.63) is 90.2 Å². The summed E-state index contributed by atoms with van der Waals surface area (Å²) in [5, 5.41) is 2.77. The molecule has 4 unspecified atom stereocenters. The van der Waals surface area contributed by atoms with Crippen LogP contribution < -0.4 is 11.1 Å². The van der Waals surface area contributed by atoms with Gasteiger partial charge in [0.1, 0.15) is 28.8 Å². The number of carbonyl (C=O) groups excluding carboxylic acids is 1. The van der Waals surface area contributed by atoms with E-state index < -0.39 is 34.6 Å². The van der Waals surface area contributed by atoms with Crippen LogP contribution in [0.5, 0.6) is 0 Å². The molecule has 0 spiro atoms. The van der Waals surface area contributed by atoms with Gasteiger partial charge in [-0.25, -0.2) is 18.2 Å². The van der Waals surface area contributed by atoms with E-state index in [0.29, 0.717) is 11.6 Å². The van der Waals surface area contributed by atoms with E-state index in [2.05, 4.69) is 28.8 Å². The van der Waals surface area contributed by atoms with Crippen LogP contribution in [0.1, 0.15) is 41.7 Å². The lowest BCUT2D eigenvalue weighted by Gasteiger charge is -2.38. The van der Waals surface area contributed by atoms with Crippen molar-refractivity contribution < 1.29 is 18.0 Å². The molecule has 0 radical (unpaired) electrons. The van der Waals surface area contributed by atoms with Gasteiger partial charge in [0.15, 0.2) is 0 Å². The molecule has 176 valence electrons. The van der Waals surface area contributed by atoms with Gasteiger partial charge in [-0.2, -0.15) is 0 Å². The highest BCUT2D eigenvalue weighted by Crippen LogP contribution is 2.41. The summed E-state index contributed by atoms with van der Waals surface area (Å²) in [6, 6.07) is 7.08. The van der Waals surface area contributed by atoms with Gasteiger partial charge in [0.2, 0.25) is 0 Å². The van der Waals surface area contributed by atoms with Gasteiger partial charge in [0.25, 0.3) is 5.91 Å². The maximum atomic E-state index is 14.4. The average molecular weight is 467 g/mol. The number of hydrogen-bond acceptors (Lipinski definition) is 4. The van der Waals surface area contributed by atoms with Gasteiger partial charge in [0, 0.05) is 12.2 Å². The smallest absolute Gasteiger partial charge is 0.274 e. The van der Waals surface area contributed by atoms with Crippen LogP contribution in [0.2, 0.25) is 0 Å². The SMILES string of the molecule is C=CC1C(C)CC(c2ccncc2NC(=O)c2ccc(F)c(-c3c(F)cccc3F)n2)CC1N. The summed E-state index contributed by atoms with van der Waals surface area (Å²) in [4.78, 5) is 21.0. The summed E-state index contributed by atoms with van der Waals surface area (Å²) in [7, 11) is 0. The first-order valence-corrected chi connectivity index (χ1v) is 11.0. The van der Waals surface area contributed by atoms with Crippen LogP contribution in [0, 0.1) is 29.3 Å². The van der Waals surface area contributed by atoms with E-state index in [1.54, 1.807) is 6.20 Å². The minimum Gasteiger partial charge on any atom is -0.327 e. The van der Waals surface area contributed by atoms with E-state index in [4.69, 9.17) is 5.73 Å². The van der Waals surface area contributed by atoms with Crippen LogP contribution in [-0.4, -0.2) is 21.9 Å². The number of rotatable bonds is 5. The van der Waals surface area contributed by atoms with Gasteiger partial charge in [-0.05, 0) is 66.5 Å². The number of nitrogens with one attached hydrogen (secondary N) is 1. The van der Waals surface area contributed by atoms with E-state index in [-0.39, 0.29) is 23.6 Å². The number of pyridine rings is 2. The molecule has 1 aromatic carbocycles. The van der Waals surface area contributed by atoms with Crippen LogP contribution in [0.3, 0.4) is 0 Å². The van der Waals surface area contributed by atoms with E-state index in [0.717, 1.165) is 42.7 Å². The molecule has 5 nitrogen and oxygen atoms in total. The van der Waals surface area contributed by atoms with Gasteiger partial charge >= 0.3 is 0 Å². The van der Waals surface area contributed by atoms with Crippen molar-refractivity contribution in [3.63, 3.8) is 0 Å². The Morgan fingerprint density at radius 1 is 1.12 bits per heavy atom. The third-order valence-corrected chi connectivity index (χ3v) is 6.46. The fourth-order valence-corrected chi connectivity index (χ4v) is 4.79. The van der Waals surface area contributed by atoms with Gasteiger partial charge in [-0.1, -0.05) is 19.1 Å². The fourth-order valence-electron chi connectivity index (χ4n) is 4.79. The standard InChI is InChI=1S/C26H25F3N4O/c1-3-16-14(2)11-15(12-21(16)30)17-9-10-31-13-23(17)33-26(34)22-8-7-20(29)25(32-22)24-18(27)5-4-6-19(24)28/h3-10,13-16,21H,1,11-12,30H2,2H3,(H,33,34). The summed E-state index contributed by atoms with van der Waals surface area (Å²) in [6.45, 7) is 6.02. The van der Waals surface area contributed by atoms with Crippen molar-refractivity contribution in [2.24, 2.45) is 17.6 Å². The van der Waals surface area contributed by atoms with Crippen LogP contribution in [0.4, 0.5) is 18.9 Å².